The summed E-state index contributed by atoms with van der Waals surface area (Å²) >= 11 is 0. The number of carboxylic acid groups (broad SMARTS) is 2. The van der Waals surface area contributed by atoms with Crippen LogP contribution in [0.2, 0.25) is 0 Å². The van der Waals surface area contributed by atoms with Crippen LogP contribution in [0.3, 0.4) is 0 Å². The maximum absolute atomic E-state index is 11.5. The number of carboxylic acids is 2. The van der Waals surface area contributed by atoms with Gasteiger partial charge in [-0.05, 0) is 6.42 Å². The van der Waals surface area contributed by atoms with Gasteiger partial charge in [0.2, 0.25) is 0 Å². The third-order valence-corrected chi connectivity index (χ3v) is 2.39. The molecule has 0 aromatic rings. The fourth-order valence-electron chi connectivity index (χ4n) is 1.23. The molecule has 0 aromatic carbocycles. The zero-order valence-corrected chi connectivity index (χ0v) is 12.2. The number of carbonyl (C=O) groups is 6. The number of ether oxygens (including phenoxy) is 2. The van der Waals surface area contributed by atoms with Crippen LogP contribution in [0.1, 0.15) is 39.0 Å². The zero-order chi connectivity index (χ0) is 18.0. The highest BCUT2D eigenvalue weighted by atomic mass is 16.6. The van der Waals surface area contributed by atoms with E-state index in [1.54, 1.807) is 0 Å². The molecule has 0 aliphatic heterocycles. The van der Waals surface area contributed by atoms with Crippen molar-refractivity contribution in [3.05, 3.63) is 0 Å². The van der Waals surface area contributed by atoms with Gasteiger partial charge < -0.3 is 24.5 Å². The van der Waals surface area contributed by atoms with Gasteiger partial charge in [-0.25, -0.2) is 0 Å². The predicted octanol–water partition coefficient (Wildman–Crippen LogP) is -1.45. The van der Waals surface area contributed by atoms with Crippen molar-refractivity contribution in [3.8, 4) is 0 Å². The lowest BCUT2D eigenvalue weighted by Crippen LogP contribution is -2.25. The Bertz CT molecular complexity index is 507. The molecule has 0 saturated carbocycles. The van der Waals surface area contributed by atoms with Gasteiger partial charge >= 0.3 is 29.8 Å². The maximum atomic E-state index is 11.5. The van der Waals surface area contributed by atoms with Gasteiger partial charge in [-0.15, -0.1) is 0 Å². The summed E-state index contributed by atoms with van der Waals surface area (Å²) in [6.45, 7) is 1.24. The summed E-state index contributed by atoms with van der Waals surface area (Å²) in [5.41, 5.74) is 0. The van der Waals surface area contributed by atoms with E-state index >= 15 is 0 Å². The second kappa shape index (κ2) is 10.0. The van der Waals surface area contributed by atoms with Crippen molar-refractivity contribution in [3.63, 3.8) is 0 Å². The standard InChI is InChI=1S/C13H16O10/c1-7(13(21)23-11(19)5-3-9(16)17)6-12(20)22-10(18)4-2-8(14)15/h7H,2-6H2,1H3,(H,14,15)(H,16,17)/p-1. The molecule has 0 aromatic heterocycles. The number of esters is 4. The van der Waals surface area contributed by atoms with Crippen molar-refractivity contribution in [1.29, 1.82) is 0 Å². The highest BCUT2D eigenvalue weighted by Gasteiger charge is 2.23. The molecule has 0 aliphatic rings. The van der Waals surface area contributed by atoms with Crippen LogP contribution in [-0.2, 0) is 38.2 Å². The number of carbonyl (C=O) groups excluding carboxylic acids is 5. The summed E-state index contributed by atoms with van der Waals surface area (Å²) in [7, 11) is 0. The molecular weight excluding hydrogens is 316 g/mol. The molecule has 0 rings (SSSR count). The van der Waals surface area contributed by atoms with Crippen LogP contribution in [-0.4, -0.2) is 40.9 Å². The van der Waals surface area contributed by atoms with Gasteiger partial charge in [-0.3, -0.25) is 24.0 Å². The molecule has 1 N–H and O–H groups in total. The first-order valence-electron chi connectivity index (χ1n) is 6.51. The molecular formula is C13H15O10-. The van der Waals surface area contributed by atoms with E-state index in [1.165, 1.54) is 6.92 Å². The Morgan fingerprint density at radius 2 is 1.39 bits per heavy atom. The van der Waals surface area contributed by atoms with Crippen molar-refractivity contribution >= 4 is 35.8 Å². The highest BCUT2D eigenvalue weighted by molar-refractivity contribution is 5.92. The molecule has 1 unspecified atom stereocenters. The fourth-order valence-corrected chi connectivity index (χ4v) is 1.23. The van der Waals surface area contributed by atoms with E-state index in [0.29, 0.717) is 0 Å². The molecule has 0 amide bonds. The van der Waals surface area contributed by atoms with Crippen LogP contribution < -0.4 is 5.11 Å². The molecule has 10 nitrogen and oxygen atoms in total. The van der Waals surface area contributed by atoms with Crippen molar-refractivity contribution in [2.45, 2.75) is 39.0 Å². The first-order valence-corrected chi connectivity index (χ1v) is 6.51. The minimum absolute atomic E-state index is 0.500. The van der Waals surface area contributed by atoms with Gasteiger partial charge in [0.15, 0.2) is 0 Å². The van der Waals surface area contributed by atoms with Crippen LogP contribution in [0.15, 0.2) is 0 Å². The Kier molecular flexibility index (Phi) is 8.82. The van der Waals surface area contributed by atoms with Crippen molar-refractivity contribution in [2.75, 3.05) is 0 Å². The first kappa shape index (κ1) is 20.2. The monoisotopic (exact) mass is 331 g/mol. The molecule has 1 atom stereocenters. The van der Waals surface area contributed by atoms with Gasteiger partial charge in [0.25, 0.3) is 0 Å². The minimum Gasteiger partial charge on any atom is -0.550 e. The number of aliphatic carboxylic acids is 2. The van der Waals surface area contributed by atoms with Crippen LogP contribution in [0.5, 0.6) is 0 Å². The maximum Gasteiger partial charge on any atom is 0.316 e. The van der Waals surface area contributed by atoms with Gasteiger partial charge in [-0.2, -0.15) is 0 Å². The molecule has 0 fully saturated rings. The fraction of sp³-hybridized carbons (Fsp3) is 0.538. The summed E-state index contributed by atoms with van der Waals surface area (Å²) in [6.07, 6.45) is -2.74. The molecule has 0 bridgehead atoms. The van der Waals surface area contributed by atoms with Crippen LogP contribution in [0, 0.1) is 5.92 Å². The topological polar surface area (TPSA) is 164 Å². The van der Waals surface area contributed by atoms with Gasteiger partial charge in [0.05, 0.1) is 31.6 Å². The molecule has 0 saturated heterocycles. The normalized spacial score (nSPS) is 11.2. The molecule has 0 spiro atoms. The Morgan fingerprint density at radius 1 is 0.870 bits per heavy atom. The number of rotatable bonds is 9. The third kappa shape index (κ3) is 10.6. The summed E-state index contributed by atoms with van der Waals surface area (Å²) in [5.74, 6) is -8.12. The SMILES string of the molecule is CC(CC(=O)OC(=O)CCC(=O)[O-])C(=O)OC(=O)CCC(=O)O. The molecule has 0 radical (unpaired) electrons. The number of hydrogen-bond acceptors (Lipinski definition) is 9. The molecule has 0 aliphatic carbocycles. The van der Waals surface area contributed by atoms with E-state index < -0.39 is 73.8 Å². The second-order valence-corrected chi connectivity index (χ2v) is 4.51. The third-order valence-electron chi connectivity index (χ3n) is 2.39. The molecule has 128 valence electrons. The quantitative estimate of drug-likeness (QED) is 0.390. The zero-order valence-electron chi connectivity index (χ0n) is 12.2. The van der Waals surface area contributed by atoms with Crippen LogP contribution in [0.25, 0.3) is 0 Å². The van der Waals surface area contributed by atoms with E-state index in [1.807, 2.05) is 0 Å². The highest BCUT2D eigenvalue weighted by Crippen LogP contribution is 2.08. The van der Waals surface area contributed by atoms with Crippen molar-refractivity contribution in [1.82, 2.24) is 0 Å². The van der Waals surface area contributed by atoms with E-state index in [2.05, 4.69) is 9.47 Å². The second-order valence-electron chi connectivity index (χ2n) is 4.51. The lowest BCUT2D eigenvalue weighted by atomic mass is 10.1. The summed E-state index contributed by atoms with van der Waals surface area (Å²) < 4.78 is 8.59. The first-order chi connectivity index (χ1) is 10.6. The number of hydrogen-bond donors (Lipinski definition) is 1. The lowest BCUT2D eigenvalue weighted by molar-refractivity contribution is -0.305. The van der Waals surface area contributed by atoms with E-state index in [0.717, 1.165) is 0 Å². The van der Waals surface area contributed by atoms with Crippen LogP contribution in [0.4, 0.5) is 0 Å². The Morgan fingerprint density at radius 3 is 1.91 bits per heavy atom. The smallest absolute Gasteiger partial charge is 0.316 e. The largest absolute Gasteiger partial charge is 0.550 e. The van der Waals surface area contributed by atoms with E-state index in [-0.39, 0.29) is 0 Å². The lowest BCUT2D eigenvalue weighted by Gasteiger charge is -2.09. The van der Waals surface area contributed by atoms with E-state index in [4.69, 9.17) is 5.11 Å². The predicted molar refractivity (Wildman–Crippen MR) is 67.1 cm³/mol. The molecule has 23 heavy (non-hydrogen) atoms. The van der Waals surface area contributed by atoms with E-state index in [9.17, 15) is 33.9 Å². The van der Waals surface area contributed by atoms with Gasteiger partial charge in [0.1, 0.15) is 0 Å². The summed E-state index contributed by atoms with van der Waals surface area (Å²) in [6, 6.07) is 0. The van der Waals surface area contributed by atoms with Gasteiger partial charge in [0, 0.05) is 5.97 Å². The Labute approximate surface area is 130 Å². The average molecular weight is 331 g/mol. The summed E-state index contributed by atoms with van der Waals surface area (Å²) in [4.78, 5) is 65.4. The Hall–Kier alpha value is -2.78. The van der Waals surface area contributed by atoms with Crippen molar-refractivity contribution in [2.24, 2.45) is 5.92 Å². The Balaban J connectivity index is 4.17. The van der Waals surface area contributed by atoms with Crippen molar-refractivity contribution < 1.29 is 48.5 Å². The minimum atomic E-state index is -1.48. The van der Waals surface area contributed by atoms with Gasteiger partial charge in [-0.1, -0.05) is 6.92 Å². The average Bonchev–Trinajstić information content (AvgIpc) is 2.42. The molecule has 0 heterocycles. The summed E-state index contributed by atoms with van der Waals surface area (Å²) in [5, 5.41) is 18.5. The van der Waals surface area contributed by atoms with Crippen LogP contribution >= 0.6 is 0 Å². The molecule has 10 heteroatoms.